The predicted molar refractivity (Wildman–Crippen MR) is 119 cm³/mol. The summed E-state index contributed by atoms with van der Waals surface area (Å²) in [6, 6.07) is 24.0. The van der Waals surface area contributed by atoms with E-state index in [9.17, 15) is 4.79 Å². The molecule has 1 heterocycles. The first-order chi connectivity index (χ1) is 15.0. The summed E-state index contributed by atoms with van der Waals surface area (Å²) in [4.78, 5) is 17.8. The maximum Gasteiger partial charge on any atom is 0.344 e. The number of carboxylic acid groups (broad SMARTS) is 1. The molecule has 0 radical (unpaired) electrons. The number of para-hydroxylation sites is 2. The average molecular weight is 416 g/mol. The van der Waals surface area contributed by atoms with Crippen molar-refractivity contribution in [3.63, 3.8) is 0 Å². The zero-order valence-corrected chi connectivity index (χ0v) is 17.5. The van der Waals surface area contributed by atoms with Crippen molar-refractivity contribution in [3.05, 3.63) is 89.5 Å². The Morgan fingerprint density at radius 1 is 1.03 bits per heavy atom. The summed E-state index contributed by atoms with van der Waals surface area (Å²) in [5, 5.41) is 9.11. The molecule has 1 aromatic heterocycles. The predicted octanol–water partition coefficient (Wildman–Crippen LogP) is 5.19. The number of oxazole rings is 1. The van der Waals surface area contributed by atoms with E-state index in [-0.39, 0.29) is 0 Å². The number of aliphatic carboxylic acids is 1. The van der Waals surface area contributed by atoms with Crippen LogP contribution in [0.2, 0.25) is 0 Å². The van der Waals surface area contributed by atoms with Crippen LogP contribution in [0, 0.1) is 6.92 Å². The lowest BCUT2D eigenvalue weighted by atomic mass is 10.1. The summed E-state index contributed by atoms with van der Waals surface area (Å²) in [6.45, 7) is 4.71. The summed E-state index contributed by atoms with van der Waals surface area (Å²) >= 11 is 0. The molecule has 6 heteroatoms. The number of aromatic nitrogens is 1. The second-order valence-electron chi connectivity index (χ2n) is 7.55. The van der Waals surface area contributed by atoms with Crippen molar-refractivity contribution in [2.75, 3.05) is 4.90 Å². The van der Waals surface area contributed by atoms with Gasteiger partial charge in [0.05, 0.1) is 0 Å². The van der Waals surface area contributed by atoms with Crippen molar-refractivity contribution in [3.8, 4) is 5.75 Å². The van der Waals surface area contributed by atoms with E-state index in [4.69, 9.17) is 14.3 Å². The van der Waals surface area contributed by atoms with Crippen molar-refractivity contribution >= 4 is 23.1 Å². The van der Waals surface area contributed by atoms with Crippen LogP contribution in [0.5, 0.6) is 5.75 Å². The largest absolute Gasteiger partial charge is 0.479 e. The topological polar surface area (TPSA) is 75.8 Å². The van der Waals surface area contributed by atoms with E-state index < -0.39 is 12.1 Å². The van der Waals surface area contributed by atoms with Gasteiger partial charge in [-0.1, -0.05) is 54.1 Å². The number of hydrogen-bond donors (Lipinski definition) is 1. The number of benzene rings is 3. The third-order valence-electron chi connectivity index (χ3n) is 4.98. The summed E-state index contributed by atoms with van der Waals surface area (Å²) in [5.74, 6) is -0.488. The molecular formula is C25H24N2O4. The lowest BCUT2D eigenvalue weighted by molar-refractivity contribution is -0.144. The molecular weight excluding hydrogens is 392 g/mol. The zero-order valence-electron chi connectivity index (χ0n) is 17.5. The van der Waals surface area contributed by atoms with E-state index in [1.54, 1.807) is 6.07 Å². The first kappa shape index (κ1) is 20.5. The second-order valence-corrected chi connectivity index (χ2v) is 7.55. The highest BCUT2D eigenvalue weighted by Crippen LogP contribution is 2.26. The Balaban J connectivity index is 1.62. The molecule has 1 N–H and O–H groups in total. The maximum atomic E-state index is 11.1. The van der Waals surface area contributed by atoms with Gasteiger partial charge in [-0.05, 0) is 49.2 Å². The van der Waals surface area contributed by atoms with Crippen molar-refractivity contribution in [1.29, 1.82) is 0 Å². The first-order valence-corrected chi connectivity index (χ1v) is 10.1. The van der Waals surface area contributed by atoms with Gasteiger partial charge in [0.25, 0.3) is 6.01 Å². The van der Waals surface area contributed by atoms with E-state index in [0.717, 1.165) is 22.2 Å². The first-order valence-electron chi connectivity index (χ1n) is 10.1. The van der Waals surface area contributed by atoms with Crippen molar-refractivity contribution in [2.24, 2.45) is 0 Å². The molecule has 4 aromatic rings. The summed E-state index contributed by atoms with van der Waals surface area (Å²) < 4.78 is 11.6. The molecule has 158 valence electrons. The average Bonchev–Trinajstić information content (AvgIpc) is 3.19. The van der Waals surface area contributed by atoms with Gasteiger partial charge < -0.3 is 19.2 Å². The van der Waals surface area contributed by atoms with E-state index in [2.05, 4.69) is 41.1 Å². The molecule has 0 fully saturated rings. The fourth-order valence-electron chi connectivity index (χ4n) is 3.29. The van der Waals surface area contributed by atoms with Gasteiger partial charge in [-0.3, -0.25) is 0 Å². The highest BCUT2D eigenvalue weighted by Gasteiger charge is 2.17. The zero-order chi connectivity index (χ0) is 21.8. The summed E-state index contributed by atoms with van der Waals surface area (Å²) in [6.07, 6.45) is -0.920. The number of anilines is 1. The Morgan fingerprint density at radius 2 is 1.77 bits per heavy atom. The molecule has 0 amide bonds. The molecule has 1 unspecified atom stereocenters. The number of rotatable bonds is 8. The van der Waals surface area contributed by atoms with Gasteiger partial charge in [0.2, 0.25) is 0 Å². The molecule has 0 saturated heterocycles. The number of ether oxygens (including phenoxy) is 1. The molecule has 1 atom stereocenters. The van der Waals surface area contributed by atoms with Crippen LogP contribution in [0.4, 0.5) is 6.01 Å². The van der Waals surface area contributed by atoms with Gasteiger partial charge in [-0.2, -0.15) is 4.98 Å². The Labute approximate surface area is 180 Å². The highest BCUT2D eigenvalue weighted by atomic mass is 16.5. The summed E-state index contributed by atoms with van der Waals surface area (Å²) in [7, 11) is 0. The lowest BCUT2D eigenvalue weighted by Gasteiger charge is -2.21. The van der Waals surface area contributed by atoms with Crippen molar-refractivity contribution in [1.82, 2.24) is 4.98 Å². The van der Waals surface area contributed by atoms with Gasteiger partial charge in [-0.25, -0.2) is 4.79 Å². The highest BCUT2D eigenvalue weighted by molar-refractivity contribution is 5.74. The van der Waals surface area contributed by atoms with Crippen LogP contribution in [0.1, 0.15) is 23.6 Å². The Hall–Kier alpha value is -3.80. The molecule has 0 aliphatic carbocycles. The number of carbonyl (C=O) groups is 1. The Kier molecular flexibility index (Phi) is 5.89. The van der Waals surface area contributed by atoms with Crippen LogP contribution in [0.25, 0.3) is 11.1 Å². The van der Waals surface area contributed by atoms with Gasteiger partial charge >= 0.3 is 5.97 Å². The van der Waals surface area contributed by atoms with Gasteiger partial charge in [-0.15, -0.1) is 0 Å². The molecule has 3 aromatic carbocycles. The van der Waals surface area contributed by atoms with Crippen molar-refractivity contribution < 1.29 is 19.1 Å². The molecule has 0 saturated carbocycles. The van der Waals surface area contributed by atoms with Crippen LogP contribution in [-0.2, 0) is 17.9 Å². The van der Waals surface area contributed by atoms with Crippen LogP contribution in [-0.4, -0.2) is 22.2 Å². The Bertz CT molecular complexity index is 1150. The molecule has 0 bridgehead atoms. The normalized spacial score (nSPS) is 11.9. The minimum absolute atomic E-state index is 0.514. The number of aryl methyl sites for hydroxylation is 1. The molecule has 0 aliphatic heterocycles. The summed E-state index contributed by atoms with van der Waals surface area (Å²) in [5.41, 5.74) is 4.84. The Morgan fingerprint density at radius 3 is 2.52 bits per heavy atom. The fraction of sp³-hybridized carbons (Fsp3) is 0.200. The maximum absolute atomic E-state index is 11.1. The number of fused-ring (bicyclic) bond motifs is 1. The van der Waals surface area contributed by atoms with Crippen LogP contribution in [0.3, 0.4) is 0 Å². The minimum atomic E-state index is -1.00. The monoisotopic (exact) mass is 416 g/mol. The molecule has 31 heavy (non-hydrogen) atoms. The van der Waals surface area contributed by atoms with E-state index >= 15 is 0 Å². The quantitative estimate of drug-likeness (QED) is 0.426. The smallest absolute Gasteiger partial charge is 0.344 e. The van der Waals surface area contributed by atoms with E-state index in [1.165, 1.54) is 12.5 Å². The van der Waals surface area contributed by atoms with Crippen LogP contribution >= 0.6 is 0 Å². The standard InChI is InChI=1S/C25H24N2O4/c1-17-10-12-19(13-11-17)15-27(25-26-22-8-3-4-9-23(22)31-25)16-20-6-5-7-21(14-20)30-18(2)24(28)29/h3-14,18H,15-16H2,1-2H3,(H,28,29). The number of nitrogens with zero attached hydrogens (tertiary/aromatic N) is 2. The SMILES string of the molecule is Cc1ccc(CN(Cc2cccc(OC(C)C(=O)O)c2)c2nc3ccccc3o2)cc1. The molecule has 0 spiro atoms. The van der Waals surface area contributed by atoms with E-state index in [1.807, 2.05) is 42.5 Å². The van der Waals surface area contributed by atoms with Crippen molar-refractivity contribution in [2.45, 2.75) is 33.0 Å². The lowest BCUT2D eigenvalue weighted by Crippen LogP contribution is -2.24. The van der Waals surface area contributed by atoms with Gasteiger partial charge in [0, 0.05) is 13.1 Å². The molecule has 4 rings (SSSR count). The molecule has 6 nitrogen and oxygen atoms in total. The van der Waals surface area contributed by atoms with E-state index in [0.29, 0.717) is 24.9 Å². The van der Waals surface area contributed by atoms with Crippen LogP contribution < -0.4 is 9.64 Å². The third kappa shape index (κ3) is 5.04. The van der Waals surface area contributed by atoms with Gasteiger partial charge in [0.1, 0.15) is 11.3 Å². The molecule has 0 aliphatic rings. The fourth-order valence-corrected chi connectivity index (χ4v) is 3.29. The third-order valence-corrected chi connectivity index (χ3v) is 4.98. The number of hydrogen-bond acceptors (Lipinski definition) is 5. The van der Waals surface area contributed by atoms with Crippen LogP contribution in [0.15, 0.2) is 77.2 Å². The number of carboxylic acids is 1. The minimum Gasteiger partial charge on any atom is -0.479 e. The second kappa shape index (κ2) is 8.92. The van der Waals surface area contributed by atoms with Gasteiger partial charge in [0.15, 0.2) is 11.7 Å².